The maximum atomic E-state index is 12.7. The van der Waals surface area contributed by atoms with Crippen LogP contribution in [-0.4, -0.2) is 53.1 Å². The molecule has 0 aliphatic rings. The van der Waals surface area contributed by atoms with Crippen LogP contribution in [0.25, 0.3) is 11.3 Å². The van der Waals surface area contributed by atoms with Gasteiger partial charge in [-0.05, 0) is 31.2 Å². The van der Waals surface area contributed by atoms with E-state index in [0.717, 1.165) is 0 Å². The van der Waals surface area contributed by atoms with Crippen LogP contribution in [0.1, 0.15) is 23.9 Å². The molecule has 0 radical (unpaired) electrons. The number of hydrogen-bond acceptors (Lipinski definition) is 7. The van der Waals surface area contributed by atoms with Crippen LogP contribution in [0, 0.1) is 0 Å². The van der Waals surface area contributed by atoms with Gasteiger partial charge in [0, 0.05) is 36.6 Å². The van der Waals surface area contributed by atoms with Gasteiger partial charge in [-0.2, -0.15) is 0 Å². The lowest BCUT2D eigenvalue weighted by Crippen LogP contribution is -2.36. The molecule has 32 heavy (non-hydrogen) atoms. The van der Waals surface area contributed by atoms with E-state index < -0.39 is 17.9 Å². The monoisotopic (exact) mass is 437 g/mol. The third-order valence-corrected chi connectivity index (χ3v) is 4.71. The van der Waals surface area contributed by atoms with E-state index in [9.17, 15) is 14.4 Å². The second-order valence-corrected chi connectivity index (χ2v) is 7.00. The number of amides is 3. The molecular weight excluding hydrogens is 414 g/mol. The minimum atomic E-state index is -0.446. The van der Waals surface area contributed by atoms with Crippen LogP contribution in [0.3, 0.4) is 0 Å². The van der Waals surface area contributed by atoms with Crippen molar-refractivity contribution in [1.82, 2.24) is 15.0 Å². The standard InChI is InChI=1S/C22H23N5O5/c1-14(11-20(28)31-3)27(2)21(29)18-13-17(26-32-18)15-7-6-8-16(12-15)24-22(30)25-19-9-4-5-10-23-19/h4-10,12-14H,11H2,1-3H3,(H2,23,24,25,30). The molecule has 166 valence electrons. The number of urea groups is 1. The molecule has 0 bridgehead atoms. The van der Waals surface area contributed by atoms with Crippen LogP contribution in [-0.2, 0) is 9.53 Å². The van der Waals surface area contributed by atoms with Crippen LogP contribution in [0.4, 0.5) is 16.3 Å². The summed E-state index contributed by atoms with van der Waals surface area (Å²) in [6.45, 7) is 1.73. The zero-order valence-electron chi connectivity index (χ0n) is 17.9. The topological polar surface area (TPSA) is 127 Å². The minimum Gasteiger partial charge on any atom is -0.469 e. The first kappa shape index (κ1) is 22.5. The summed E-state index contributed by atoms with van der Waals surface area (Å²) in [7, 11) is 2.87. The molecule has 0 aliphatic heterocycles. The van der Waals surface area contributed by atoms with Crippen molar-refractivity contribution in [3.05, 3.63) is 60.5 Å². The predicted octanol–water partition coefficient (Wildman–Crippen LogP) is 3.40. The largest absolute Gasteiger partial charge is 0.469 e. The highest BCUT2D eigenvalue weighted by Crippen LogP contribution is 2.23. The molecule has 3 amide bonds. The number of nitrogens with zero attached hydrogens (tertiary/aromatic N) is 3. The van der Waals surface area contributed by atoms with Crippen molar-refractivity contribution in [1.29, 1.82) is 0 Å². The van der Waals surface area contributed by atoms with Gasteiger partial charge < -0.3 is 19.5 Å². The molecule has 10 heteroatoms. The first-order chi connectivity index (χ1) is 15.4. The van der Waals surface area contributed by atoms with E-state index in [-0.39, 0.29) is 18.2 Å². The van der Waals surface area contributed by atoms with Gasteiger partial charge in [0.25, 0.3) is 5.91 Å². The van der Waals surface area contributed by atoms with Crippen molar-refractivity contribution in [3.8, 4) is 11.3 Å². The van der Waals surface area contributed by atoms with E-state index in [1.807, 2.05) is 0 Å². The summed E-state index contributed by atoms with van der Waals surface area (Å²) in [6.07, 6.45) is 1.64. The van der Waals surface area contributed by atoms with E-state index in [0.29, 0.717) is 22.8 Å². The molecule has 2 heterocycles. The van der Waals surface area contributed by atoms with Crippen molar-refractivity contribution >= 4 is 29.4 Å². The number of anilines is 2. The molecule has 1 unspecified atom stereocenters. The second-order valence-electron chi connectivity index (χ2n) is 7.00. The summed E-state index contributed by atoms with van der Waals surface area (Å²) in [5.41, 5.74) is 1.60. The van der Waals surface area contributed by atoms with Gasteiger partial charge in [0.2, 0.25) is 5.76 Å². The van der Waals surface area contributed by atoms with Gasteiger partial charge in [-0.15, -0.1) is 0 Å². The molecule has 10 nitrogen and oxygen atoms in total. The van der Waals surface area contributed by atoms with Crippen molar-refractivity contribution in [2.75, 3.05) is 24.8 Å². The third kappa shape index (κ3) is 5.69. The number of methoxy groups -OCH3 is 1. The Labute approximate surface area is 184 Å². The molecule has 2 N–H and O–H groups in total. The summed E-state index contributed by atoms with van der Waals surface area (Å²) in [5.74, 6) is -0.368. The van der Waals surface area contributed by atoms with E-state index in [1.165, 1.54) is 18.1 Å². The Morgan fingerprint density at radius 2 is 1.94 bits per heavy atom. The fourth-order valence-corrected chi connectivity index (χ4v) is 2.82. The molecular formula is C22H23N5O5. The number of pyridine rings is 1. The summed E-state index contributed by atoms with van der Waals surface area (Å²) >= 11 is 0. The van der Waals surface area contributed by atoms with E-state index in [1.54, 1.807) is 62.6 Å². The average molecular weight is 437 g/mol. The summed E-state index contributed by atoms with van der Waals surface area (Å²) in [4.78, 5) is 41.7. The van der Waals surface area contributed by atoms with Crippen molar-refractivity contribution in [2.45, 2.75) is 19.4 Å². The lowest BCUT2D eigenvalue weighted by molar-refractivity contribution is -0.141. The highest BCUT2D eigenvalue weighted by Gasteiger charge is 2.24. The summed E-state index contributed by atoms with van der Waals surface area (Å²) in [5, 5.41) is 9.31. The molecule has 0 saturated heterocycles. The van der Waals surface area contributed by atoms with Gasteiger partial charge in [-0.25, -0.2) is 9.78 Å². The minimum absolute atomic E-state index is 0.0328. The van der Waals surface area contributed by atoms with Gasteiger partial charge in [-0.1, -0.05) is 23.4 Å². The van der Waals surface area contributed by atoms with E-state index in [2.05, 4.69) is 25.5 Å². The first-order valence-corrected chi connectivity index (χ1v) is 9.77. The molecule has 0 fully saturated rings. The predicted molar refractivity (Wildman–Crippen MR) is 117 cm³/mol. The first-order valence-electron chi connectivity index (χ1n) is 9.77. The zero-order chi connectivity index (χ0) is 23.1. The molecule has 0 aliphatic carbocycles. The van der Waals surface area contributed by atoms with Crippen LogP contribution >= 0.6 is 0 Å². The molecule has 1 aromatic carbocycles. The Morgan fingerprint density at radius 3 is 2.66 bits per heavy atom. The highest BCUT2D eigenvalue weighted by molar-refractivity contribution is 5.99. The smallest absolute Gasteiger partial charge is 0.324 e. The molecule has 1 atom stereocenters. The average Bonchev–Trinajstić information content (AvgIpc) is 3.29. The maximum Gasteiger partial charge on any atom is 0.324 e. The van der Waals surface area contributed by atoms with E-state index >= 15 is 0 Å². The highest BCUT2D eigenvalue weighted by atomic mass is 16.5. The molecule has 2 aromatic heterocycles. The number of carbonyl (C=O) groups is 3. The number of benzene rings is 1. The van der Waals surface area contributed by atoms with Gasteiger partial charge in [0.15, 0.2) is 0 Å². The quantitative estimate of drug-likeness (QED) is 0.542. The fraction of sp³-hybridized carbons (Fsp3) is 0.227. The van der Waals surface area contributed by atoms with Crippen LogP contribution in [0.2, 0.25) is 0 Å². The Balaban J connectivity index is 1.67. The zero-order valence-corrected chi connectivity index (χ0v) is 17.9. The number of carbonyl (C=O) groups excluding carboxylic acids is 3. The SMILES string of the molecule is COC(=O)CC(C)N(C)C(=O)c1cc(-c2cccc(NC(=O)Nc3ccccn3)c2)no1. The number of nitrogens with one attached hydrogen (secondary N) is 2. The van der Waals surface area contributed by atoms with Gasteiger partial charge >= 0.3 is 12.0 Å². The number of esters is 1. The lowest BCUT2D eigenvalue weighted by Gasteiger charge is -2.22. The second kappa shape index (κ2) is 10.2. The third-order valence-electron chi connectivity index (χ3n) is 4.71. The van der Waals surface area contributed by atoms with Gasteiger partial charge in [-0.3, -0.25) is 14.9 Å². The van der Waals surface area contributed by atoms with Gasteiger partial charge in [0.1, 0.15) is 11.5 Å². The summed E-state index contributed by atoms with van der Waals surface area (Å²) < 4.78 is 9.86. The molecule has 0 saturated carbocycles. The summed E-state index contributed by atoms with van der Waals surface area (Å²) in [6, 6.07) is 12.8. The van der Waals surface area contributed by atoms with Gasteiger partial charge in [0.05, 0.1) is 13.5 Å². The number of ether oxygens (including phenoxy) is 1. The van der Waals surface area contributed by atoms with Crippen molar-refractivity contribution in [3.63, 3.8) is 0 Å². The number of aromatic nitrogens is 2. The van der Waals surface area contributed by atoms with Crippen LogP contribution in [0.15, 0.2) is 59.3 Å². The normalized spacial score (nSPS) is 11.3. The maximum absolute atomic E-state index is 12.7. The fourth-order valence-electron chi connectivity index (χ4n) is 2.82. The molecule has 3 rings (SSSR count). The van der Waals surface area contributed by atoms with Crippen LogP contribution < -0.4 is 10.6 Å². The lowest BCUT2D eigenvalue weighted by atomic mass is 10.1. The Kier molecular flexibility index (Phi) is 7.17. The molecule has 0 spiro atoms. The van der Waals surface area contributed by atoms with Crippen molar-refractivity contribution in [2.24, 2.45) is 0 Å². The van der Waals surface area contributed by atoms with E-state index in [4.69, 9.17) is 4.52 Å². The molecule has 3 aromatic rings. The Hall–Kier alpha value is -4.21. The van der Waals surface area contributed by atoms with Crippen molar-refractivity contribution < 1.29 is 23.6 Å². The number of rotatable bonds is 7. The van der Waals surface area contributed by atoms with Crippen LogP contribution in [0.5, 0.6) is 0 Å². The number of hydrogen-bond donors (Lipinski definition) is 2. The Bertz CT molecular complexity index is 1100. The Morgan fingerprint density at radius 1 is 1.12 bits per heavy atom.